The minimum absolute atomic E-state index is 0. The molecule has 6 rings (SSSR count). The van der Waals surface area contributed by atoms with Gasteiger partial charge >= 0.3 is 69.4 Å². The van der Waals surface area contributed by atoms with Gasteiger partial charge in [0, 0.05) is 36.0 Å². The van der Waals surface area contributed by atoms with Gasteiger partial charge in [0.15, 0.2) is 5.60 Å². The summed E-state index contributed by atoms with van der Waals surface area (Å²) in [6, 6.07) is 18.2. The number of hydrogen-bond donors (Lipinski definition) is 3. The zero-order valence-electron chi connectivity index (χ0n) is 26.7. The summed E-state index contributed by atoms with van der Waals surface area (Å²) in [5.41, 5.74) is 9.15. The van der Waals surface area contributed by atoms with E-state index in [1.54, 1.807) is 54.6 Å². The van der Waals surface area contributed by atoms with Gasteiger partial charge in [-0.1, -0.05) is 60.7 Å². The number of carbonyl (C=O) groups excluding carboxylic acids is 4. The smallest absolute Gasteiger partial charge is 1.00 e. The van der Waals surface area contributed by atoms with Gasteiger partial charge in [0.25, 0.3) is 11.8 Å². The van der Waals surface area contributed by atoms with E-state index in [0.717, 1.165) is 4.90 Å². The van der Waals surface area contributed by atoms with Crippen LogP contribution in [0.5, 0.6) is 0 Å². The molecule has 1 unspecified atom stereocenters. The van der Waals surface area contributed by atoms with Crippen molar-refractivity contribution in [1.82, 2.24) is 14.8 Å². The number of hydrogen-bond acceptors (Lipinski definition) is 9. The number of aliphatic carboxylic acids is 1. The van der Waals surface area contributed by atoms with Crippen LogP contribution in [-0.4, -0.2) is 68.4 Å². The summed E-state index contributed by atoms with van der Waals surface area (Å²) in [5.74, 6) is -4.42. The van der Waals surface area contributed by atoms with E-state index in [1.807, 2.05) is 6.07 Å². The van der Waals surface area contributed by atoms with Crippen LogP contribution in [0, 0.1) is 5.92 Å². The molecule has 0 aliphatic carbocycles. The molecule has 0 radical (unpaired) electrons. The first-order chi connectivity index (χ1) is 22.0. The van der Waals surface area contributed by atoms with Gasteiger partial charge in [-0.15, -0.1) is 0 Å². The largest absolute Gasteiger partial charge is 1.00 e. The summed E-state index contributed by atoms with van der Waals surface area (Å²) in [5, 5.41) is 10.4. The first kappa shape index (κ1) is 34.4. The van der Waals surface area contributed by atoms with Crippen LogP contribution in [0.2, 0.25) is 0 Å². The van der Waals surface area contributed by atoms with Crippen molar-refractivity contribution < 1.29 is 91.4 Å². The van der Waals surface area contributed by atoms with Gasteiger partial charge in [0.1, 0.15) is 18.3 Å². The third-order valence-corrected chi connectivity index (χ3v) is 9.03. The number of carbonyl (C=O) groups is 5. The summed E-state index contributed by atoms with van der Waals surface area (Å²) in [6.45, 7) is 1.32. The number of esters is 1. The molecule has 5 N–H and O–H groups in total. The zero-order valence-corrected chi connectivity index (χ0v) is 28.9. The molecule has 3 amide bonds. The van der Waals surface area contributed by atoms with E-state index >= 15 is 0 Å². The van der Waals surface area contributed by atoms with Crippen LogP contribution >= 0.6 is 0 Å². The molecule has 2 aromatic carbocycles. The number of carboxylic acid groups (broad SMARTS) is 1. The number of carboxylic acids is 1. The fourth-order valence-corrected chi connectivity index (χ4v) is 6.83. The van der Waals surface area contributed by atoms with Crippen molar-refractivity contribution >= 4 is 29.8 Å². The van der Waals surface area contributed by atoms with Crippen molar-refractivity contribution in [2.75, 3.05) is 6.54 Å². The summed E-state index contributed by atoms with van der Waals surface area (Å²) in [6.07, 6.45) is 1.78. The summed E-state index contributed by atoms with van der Waals surface area (Å²) in [7, 11) is 0. The molecule has 238 valence electrons. The number of β-lactam (4-membered cyclic amide) rings is 1. The summed E-state index contributed by atoms with van der Waals surface area (Å²) in [4.78, 5) is 73.1. The number of amides is 3. The third kappa shape index (κ3) is 5.79. The maximum Gasteiger partial charge on any atom is 1.00 e. The standard InChI is InChI=1S/C33H31N5O8.K.H/c1-32(46-31(34)44,21-12-14-36-15-13-21)23-16-20-17-37(26-24(20)38(27(26)39)25(23)28(40)41)29(42)33(35,22-10-6-3-7-11-22)30(43)45-18-19-8-4-2-5-9-19;;/h2-15,20,24,26H,16-18,35H2,1H3,(H2,34,44)(H,40,41);;/q;+1;-1/t20-,24-,26+,32?,33-;;/m1../s1. The number of likely N-dealkylation sites (tertiary alicyclic amines) is 1. The van der Waals surface area contributed by atoms with Crippen LogP contribution in [0.15, 0.2) is 96.5 Å². The maximum absolute atomic E-state index is 14.4. The molecule has 0 spiro atoms. The van der Waals surface area contributed by atoms with E-state index in [2.05, 4.69) is 4.98 Å². The van der Waals surface area contributed by atoms with Gasteiger partial charge in [-0.05, 0) is 36.6 Å². The van der Waals surface area contributed by atoms with Gasteiger partial charge in [-0.3, -0.25) is 19.5 Å². The van der Waals surface area contributed by atoms with E-state index in [4.69, 9.17) is 20.9 Å². The number of benzene rings is 2. The molecular formula is C33H32KN5O8. The number of nitrogens with zero attached hydrogens (tertiary/aromatic N) is 3. The topological polar surface area (TPSA) is 195 Å². The predicted octanol–water partition coefficient (Wildman–Crippen LogP) is -1.11. The average Bonchev–Trinajstić information content (AvgIpc) is 3.43. The van der Waals surface area contributed by atoms with Crippen molar-refractivity contribution in [1.29, 1.82) is 0 Å². The molecule has 3 aromatic rings. The SMILES string of the molecule is CC(OC(N)=O)(C1=C(C(=O)O)N2C(=O)[C@@H]3[C@H]2[C@H](C1)CN3C(=O)[C@@](N)(C(=O)OCc1ccccc1)c1ccccc1)c1ccncc1.[H-].[K+]. The molecule has 3 aliphatic heterocycles. The van der Waals surface area contributed by atoms with E-state index in [0.29, 0.717) is 11.1 Å². The van der Waals surface area contributed by atoms with Gasteiger partial charge in [0.05, 0.1) is 6.04 Å². The number of primary amides is 1. The Bertz CT molecular complexity index is 1770. The van der Waals surface area contributed by atoms with E-state index in [9.17, 15) is 29.1 Å². The number of nitrogens with two attached hydrogens (primary N) is 2. The normalized spacial score (nSPS) is 22.1. The first-order valence-corrected chi connectivity index (χ1v) is 14.5. The molecule has 0 saturated carbocycles. The second kappa shape index (κ2) is 13.3. The van der Waals surface area contributed by atoms with Crippen molar-refractivity contribution in [2.45, 2.75) is 43.2 Å². The number of pyridine rings is 1. The molecule has 47 heavy (non-hydrogen) atoms. The Morgan fingerprint density at radius 1 is 1.00 bits per heavy atom. The van der Waals surface area contributed by atoms with Gasteiger partial charge in [-0.25, -0.2) is 14.4 Å². The molecule has 4 heterocycles. The summed E-state index contributed by atoms with van der Waals surface area (Å²) >= 11 is 0. The second-order valence-corrected chi connectivity index (χ2v) is 11.6. The van der Waals surface area contributed by atoms with Crippen molar-refractivity contribution in [3.63, 3.8) is 0 Å². The van der Waals surface area contributed by atoms with Crippen LogP contribution in [-0.2, 0) is 46.4 Å². The number of ether oxygens (including phenoxy) is 2. The van der Waals surface area contributed by atoms with E-state index in [-0.39, 0.29) is 89.2 Å². The van der Waals surface area contributed by atoms with E-state index < -0.39 is 59.0 Å². The minimum atomic E-state index is -2.31. The number of aromatic nitrogens is 1. The Hall–Kier alpha value is -3.92. The Morgan fingerprint density at radius 3 is 2.21 bits per heavy atom. The third-order valence-electron chi connectivity index (χ3n) is 9.03. The van der Waals surface area contributed by atoms with Crippen LogP contribution < -0.4 is 62.9 Å². The molecule has 0 bridgehead atoms. The van der Waals surface area contributed by atoms with Crippen LogP contribution in [0.1, 0.15) is 31.5 Å². The second-order valence-electron chi connectivity index (χ2n) is 11.6. The van der Waals surface area contributed by atoms with Gasteiger partial charge in [0.2, 0.25) is 5.54 Å². The Morgan fingerprint density at radius 2 is 1.62 bits per heavy atom. The monoisotopic (exact) mass is 665 g/mol. The average molecular weight is 666 g/mol. The summed E-state index contributed by atoms with van der Waals surface area (Å²) < 4.78 is 11.1. The first-order valence-electron chi connectivity index (χ1n) is 14.5. The van der Waals surface area contributed by atoms with Gasteiger partial charge < -0.3 is 32.4 Å². The minimum Gasteiger partial charge on any atom is -1.00 e. The zero-order chi connectivity index (χ0) is 32.8. The van der Waals surface area contributed by atoms with Crippen molar-refractivity contribution in [2.24, 2.45) is 17.4 Å². The predicted molar refractivity (Wildman–Crippen MR) is 161 cm³/mol. The van der Waals surface area contributed by atoms with Crippen LogP contribution in [0.3, 0.4) is 0 Å². The van der Waals surface area contributed by atoms with Crippen LogP contribution in [0.4, 0.5) is 4.79 Å². The van der Waals surface area contributed by atoms with Crippen molar-refractivity contribution in [3.8, 4) is 0 Å². The molecule has 1 aromatic heterocycles. The maximum atomic E-state index is 14.4. The molecule has 2 fully saturated rings. The Kier molecular flexibility index (Phi) is 9.73. The molecular weight excluding hydrogens is 633 g/mol. The Labute approximate surface area is 313 Å². The molecule has 2 saturated heterocycles. The van der Waals surface area contributed by atoms with Crippen molar-refractivity contribution in [3.05, 3.63) is 113 Å². The molecule has 14 heteroatoms. The molecule has 13 nitrogen and oxygen atoms in total. The van der Waals surface area contributed by atoms with Gasteiger partial charge in [-0.2, -0.15) is 0 Å². The van der Waals surface area contributed by atoms with E-state index in [1.165, 1.54) is 36.4 Å². The fraction of sp³-hybridized carbons (Fsp3) is 0.273. The fourth-order valence-electron chi connectivity index (χ4n) is 6.83. The molecule has 3 aliphatic rings. The Balaban J connectivity index is 0.00000260. The quantitative estimate of drug-likeness (QED) is 0.109. The molecule has 5 atom stereocenters. The number of rotatable bonds is 9. The van der Waals surface area contributed by atoms with Crippen LogP contribution in [0.25, 0.3) is 0 Å².